The molecule has 49 heavy (non-hydrogen) atoms. The maximum atomic E-state index is 14.2. The first-order valence-corrected chi connectivity index (χ1v) is 17.0. The topological polar surface area (TPSA) is 101 Å². The molecule has 0 saturated carbocycles. The predicted octanol–water partition coefficient (Wildman–Crippen LogP) is 6.83. The van der Waals surface area contributed by atoms with E-state index in [0.717, 1.165) is 5.56 Å². The van der Waals surface area contributed by atoms with Crippen LogP contribution in [-0.4, -0.2) is 59.1 Å². The molecule has 0 spiro atoms. The van der Waals surface area contributed by atoms with Gasteiger partial charge in [-0.3, -0.25) is 33.8 Å². The number of carbonyl (C=O) groups excluding carboxylic acids is 5. The molecule has 0 aromatic heterocycles. The summed E-state index contributed by atoms with van der Waals surface area (Å²) in [5, 5.41) is 0. The summed E-state index contributed by atoms with van der Waals surface area (Å²) in [5.74, 6) is -2.07. The van der Waals surface area contributed by atoms with Gasteiger partial charge in [-0.05, 0) is 74.8 Å². The summed E-state index contributed by atoms with van der Waals surface area (Å²) >= 11 is 0. The van der Waals surface area contributed by atoms with Crippen LogP contribution in [0.15, 0.2) is 116 Å². The average Bonchev–Trinajstić information content (AvgIpc) is 3.13. The smallest absolute Gasteiger partial charge is 0.305 e. The molecule has 2 aliphatic rings. The quantitative estimate of drug-likeness (QED) is 0.113. The van der Waals surface area contributed by atoms with Crippen LogP contribution >= 0.6 is 0 Å². The van der Waals surface area contributed by atoms with Gasteiger partial charge in [0.05, 0.1) is 17.4 Å². The van der Waals surface area contributed by atoms with Gasteiger partial charge in [0.2, 0.25) is 11.8 Å². The Morgan fingerprint density at radius 2 is 1.29 bits per heavy atom. The number of allylic oxidation sites excluding steroid dienone is 2. The van der Waals surface area contributed by atoms with E-state index in [1.54, 1.807) is 60.7 Å². The molecule has 2 heterocycles. The number of esters is 1. The highest BCUT2D eigenvalue weighted by Crippen LogP contribution is 2.43. The fraction of sp³-hybridized carbons (Fsp3) is 0.341. The molecule has 3 aromatic rings. The molecule has 8 heteroatoms. The number of hydrogen-bond acceptors (Lipinski definition) is 6. The lowest BCUT2D eigenvalue weighted by atomic mass is 9.68. The van der Waals surface area contributed by atoms with Crippen molar-refractivity contribution in [1.82, 2.24) is 9.80 Å². The Balaban J connectivity index is 1.30. The molecule has 5 rings (SSSR count). The predicted molar refractivity (Wildman–Crippen MR) is 187 cm³/mol. The van der Waals surface area contributed by atoms with Crippen molar-refractivity contribution in [2.24, 2.45) is 16.7 Å². The number of ether oxygens (including phenoxy) is 1. The van der Waals surface area contributed by atoms with Gasteiger partial charge in [-0.1, -0.05) is 78.9 Å². The molecule has 8 nitrogen and oxygen atoms in total. The Bertz CT molecular complexity index is 1670. The number of nitrogens with zero attached hydrogens (tertiary/aromatic N) is 2. The lowest BCUT2D eigenvalue weighted by Gasteiger charge is -2.44. The number of benzene rings is 3. The molecule has 0 N–H and O–H groups in total. The molecule has 254 valence electrons. The summed E-state index contributed by atoms with van der Waals surface area (Å²) in [4.78, 5) is 70.9. The van der Waals surface area contributed by atoms with E-state index in [1.807, 2.05) is 42.5 Å². The number of imide groups is 2. The van der Waals surface area contributed by atoms with Gasteiger partial charge in [-0.25, -0.2) is 0 Å². The monoisotopic (exact) mass is 660 g/mol. The molecule has 3 aromatic carbocycles. The zero-order valence-electron chi connectivity index (χ0n) is 27.9. The van der Waals surface area contributed by atoms with E-state index in [1.165, 1.54) is 9.80 Å². The summed E-state index contributed by atoms with van der Waals surface area (Å²) < 4.78 is 5.83. The molecule has 2 fully saturated rings. The van der Waals surface area contributed by atoms with Gasteiger partial charge in [0.25, 0.3) is 11.8 Å². The van der Waals surface area contributed by atoms with Gasteiger partial charge in [0.1, 0.15) is 0 Å². The number of rotatable bonds is 13. The van der Waals surface area contributed by atoms with Gasteiger partial charge in [0, 0.05) is 36.6 Å². The lowest BCUT2D eigenvalue weighted by Crippen LogP contribution is -2.56. The summed E-state index contributed by atoms with van der Waals surface area (Å²) in [7, 11) is 0. The fourth-order valence-electron chi connectivity index (χ4n) is 7.43. The second-order valence-corrected chi connectivity index (χ2v) is 13.3. The van der Waals surface area contributed by atoms with Gasteiger partial charge in [-0.15, -0.1) is 13.2 Å². The average molecular weight is 661 g/mol. The fourth-order valence-corrected chi connectivity index (χ4v) is 7.43. The Morgan fingerprint density at radius 1 is 0.755 bits per heavy atom. The van der Waals surface area contributed by atoms with E-state index in [-0.39, 0.29) is 55.5 Å². The van der Waals surface area contributed by atoms with Crippen molar-refractivity contribution in [2.45, 2.75) is 51.4 Å². The molecule has 2 aliphatic heterocycles. The van der Waals surface area contributed by atoms with Gasteiger partial charge < -0.3 is 4.74 Å². The van der Waals surface area contributed by atoms with Crippen molar-refractivity contribution in [3.8, 4) is 0 Å². The number of piperidine rings is 2. The Hall–Kier alpha value is -5.11. The molecule has 0 aliphatic carbocycles. The van der Waals surface area contributed by atoms with Crippen LogP contribution in [0.1, 0.15) is 71.2 Å². The lowest BCUT2D eigenvalue weighted by molar-refractivity contribution is -0.152. The number of amides is 4. The highest BCUT2D eigenvalue weighted by molar-refractivity contribution is 6.07. The minimum Gasteiger partial charge on any atom is -0.465 e. The summed E-state index contributed by atoms with van der Waals surface area (Å²) in [6.07, 6.45) is 6.25. The van der Waals surface area contributed by atoms with Crippen LogP contribution in [0, 0.1) is 16.7 Å². The minimum absolute atomic E-state index is 0.0133. The molecular formula is C41H44N2O6. The van der Waals surface area contributed by atoms with E-state index >= 15 is 0 Å². The first kappa shape index (κ1) is 35.2. The maximum absolute atomic E-state index is 14.2. The van der Waals surface area contributed by atoms with Crippen LogP contribution in [0.2, 0.25) is 0 Å². The summed E-state index contributed by atoms with van der Waals surface area (Å²) in [5.41, 5.74) is -0.0681. The van der Waals surface area contributed by atoms with E-state index in [4.69, 9.17) is 4.74 Å². The Morgan fingerprint density at radius 3 is 1.88 bits per heavy atom. The zero-order valence-corrected chi connectivity index (χ0v) is 27.9. The molecule has 0 radical (unpaired) electrons. The largest absolute Gasteiger partial charge is 0.465 e. The van der Waals surface area contributed by atoms with Crippen molar-refractivity contribution in [3.05, 3.63) is 133 Å². The second kappa shape index (κ2) is 15.9. The Labute approximate surface area is 288 Å². The second-order valence-electron chi connectivity index (χ2n) is 13.3. The van der Waals surface area contributed by atoms with Crippen molar-refractivity contribution in [3.63, 3.8) is 0 Å². The highest BCUT2D eigenvalue weighted by Gasteiger charge is 2.49. The van der Waals surface area contributed by atoms with Gasteiger partial charge in [0.15, 0.2) is 0 Å². The van der Waals surface area contributed by atoms with Crippen LogP contribution in [0.5, 0.6) is 0 Å². The molecule has 3 atom stereocenters. The zero-order chi connectivity index (χ0) is 34.9. The normalized spacial score (nSPS) is 22.3. The van der Waals surface area contributed by atoms with E-state index in [9.17, 15) is 24.0 Å². The van der Waals surface area contributed by atoms with Gasteiger partial charge >= 0.3 is 5.97 Å². The SMILES string of the molecule is C=CC[C@]1(CCC(=O)OCC2CN(C(=O)c3ccccc3)C(=O)[C@@](CC=C)(Cc3ccccc3)C2)CCCN(C(=O)c2ccccc2)C1=O. The third kappa shape index (κ3) is 7.96. The maximum Gasteiger partial charge on any atom is 0.305 e. The molecule has 4 amide bonds. The summed E-state index contributed by atoms with van der Waals surface area (Å²) in [6.45, 7) is 8.24. The molecule has 1 unspecified atom stereocenters. The van der Waals surface area contributed by atoms with Crippen molar-refractivity contribution >= 4 is 29.6 Å². The van der Waals surface area contributed by atoms with E-state index < -0.39 is 16.8 Å². The first-order chi connectivity index (χ1) is 23.7. The van der Waals surface area contributed by atoms with E-state index in [0.29, 0.717) is 56.2 Å². The minimum atomic E-state index is -0.944. The van der Waals surface area contributed by atoms with Crippen LogP contribution in [0.4, 0.5) is 0 Å². The third-order valence-electron chi connectivity index (χ3n) is 9.83. The van der Waals surface area contributed by atoms with E-state index in [2.05, 4.69) is 13.2 Å². The van der Waals surface area contributed by atoms with Gasteiger partial charge in [-0.2, -0.15) is 0 Å². The molecular weight excluding hydrogens is 616 g/mol. The number of hydrogen-bond donors (Lipinski definition) is 0. The van der Waals surface area contributed by atoms with Crippen LogP contribution in [-0.2, 0) is 25.5 Å². The van der Waals surface area contributed by atoms with Crippen molar-refractivity contribution in [1.29, 1.82) is 0 Å². The van der Waals surface area contributed by atoms with Crippen molar-refractivity contribution < 1.29 is 28.7 Å². The van der Waals surface area contributed by atoms with Crippen molar-refractivity contribution in [2.75, 3.05) is 19.7 Å². The number of carbonyl (C=O) groups is 5. The van der Waals surface area contributed by atoms with Crippen LogP contribution < -0.4 is 0 Å². The standard InChI is InChI=1S/C41H44N2O6/c1-3-22-40(24-14-26-42(38(40)47)36(45)33-17-10-6-11-18-33)25-21-35(44)49-30-32-28-41(23-4-2,27-31-15-8-5-9-16-31)39(48)43(29-32)37(46)34-19-12-7-13-20-34/h3-13,15-20,32H,1-2,14,21-30H2/t32?,40-,41+/m1/s1. The van der Waals surface area contributed by atoms with Crippen LogP contribution in [0.3, 0.4) is 0 Å². The van der Waals surface area contributed by atoms with Crippen LogP contribution in [0.25, 0.3) is 0 Å². The molecule has 2 saturated heterocycles. The number of likely N-dealkylation sites (tertiary alicyclic amines) is 2. The first-order valence-electron chi connectivity index (χ1n) is 17.0. The highest BCUT2D eigenvalue weighted by atomic mass is 16.5. The third-order valence-corrected chi connectivity index (χ3v) is 9.83. The Kier molecular flexibility index (Phi) is 11.4. The summed E-state index contributed by atoms with van der Waals surface area (Å²) in [6, 6.07) is 27.1. The molecule has 0 bridgehead atoms.